The van der Waals surface area contributed by atoms with Crippen LogP contribution in [0.15, 0.2) is 5.16 Å². The largest absolute Gasteiger partial charge is 0.399 e. The summed E-state index contributed by atoms with van der Waals surface area (Å²) >= 11 is 0. The van der Waals surface area contributed by atoms with Crippen LogP contribution in [-0.4, -0.2) is 42.2 Å². The number of amides is 3. The number of oxime groups is 1. The van der Waals surface area contributed by atoms with Crippen molar-refractivity contribution in [3.05, 3.63) is 0 Å². The van der Waals surface area contributed by atoms with E-state index >= 15 is 0 Å². The lowest BCUT2D eigenvalue weighted by molar-refractivity contribution is -0.121. The number of likely N-dealkylation sites (tertiary alicyclic amines) is 1. The Morgan fingerprint density at radius 3 is 2.57 bits per heavy atom. The summed E-state index contributed by atoms with van der Waals surface area (Å²) in [6, 6.07) is -1.39. The normalized spacial score (nSPS) is 23.9. The molecular formula is C7H12N4O3. The van der Waals surface area contributed by atoms with Crippen LogP contribution < -0.4 is 11.5 Å². The van der Waals surface area contributed by atoms with Gasteiger partial charge in [0.1, 0.15) is 13.2 Å². The van der Waals surface area contributed by atoms with Gasteiger partial charge in [-0.25, -0.2) is 4.79 Å². The number of primary amides is 2. The Kier molecular flexibility index (Phi) is 2.90. The molecule has 1 fully saturated rings. The predicted molar refractivity (Wildman–Crippen MR) is 48.3 cm³/mol. The van der Waals surface area contributed by atoms with Crippen molar-refractivity contribution in [2.24, 2.45) is 16.6 Å². The Bertz CT molecular complexity index is 265. The van der Waals surface area contributed by atoms with E-state index in [1.54, 1.807) is 0 Å². The fourth-order valence-corrected chi connectivity index (χ4v) is 1.39. The quantitative estimate of drug-likeness (QED) is 0.536. The molecule has 0 bridgehead atoms. The third kappa shape index (κ3) is 1.93. The highest BCUT2D eigenvalue weighted by atomic mass is 16.6. The molecule has 1 atom stereocenters. The molecule has 0 saturated carbocycles. The van der Waals surface area contributed by atoms with Crippen molar-refractivity contribution in [1.29, 1.82) is 0 Å². The highest BCUT2D eigenvalue weighted by Crippen LogP contribution is 2.14. The molecule has 0 radical (unpaired) electrons. The molecule has 4 N–H and O–H groups in total. The zero-order valence-corrected chi connectivity index (χ0v) is 7.77. The standard InChI is InChI=1S/C7H12N4O3/c1-14-10-4-2-5(6(8)12)11(3-4)7(9)13/h5H,2-3H2,1H3,(H2,8,12)(H2,9,13). The first-order valence-corrected chi connectivity index (χ1v) is 4.00. The van der Waals surface area contributed by atoms with Crippen LogP contribution in [0.5, 0.6) is 0 Å². The fourth-order valence-electron chi connectivity index (χ4n) is 1.39. The molecule has 1 unspecified atom stereocenters. The fraction of sp³-hybridized carbons (Fsp3) is 0.571. The summed E-state index contributed by atoms with van der Waals surface area (Å²) in [6.07, 6.45) is 0.284. The number of carbonyl (C=O) groups is 2. The lowest BCUT2D eigenvalue weighted by atomic mass is 10.2. The van der Waals surface area contributed by atoms with Gasteiger partial charge in [-0.2, -0.15) is 0 Å². The maximum absolute atomic E-state index is 10.9. The van der Waals surface area contributed by atoms with Crippen LogP contribution in [0, 0.1) is 0 Å². The summed E-state index contributed by atoms with van der Waals surface area (Å²) < 4.78 is 0. The van der Waals surface area contributed by atoms with Gasteiger partial charge in [-0.1, -0.05) is 5.16 Å². The molecule has 14 heavy (non-hydrogen) atoms. The number of rotatable bonds is 2. The molecule has 0 aliphatic carbocycles. The van der Waals surface area contributed by atoms with Crippen molar-refractivity contribution < 1.29 is 14.4 Å². The van der Waals surface area contributed by atoms with E-state index in [1.807, 2.05) is 0 Å². The van der Waals surface area contributed by atoms with E-state index in [-0.39, 0.29) is 13.0 Å². The molecule has 1 heterocycles. The van der Waals surface area contributed by atoms with Crippen LogP contribution in [0.3, 0.4) is 0 Å². The van der Waals surface area contributed by atoms with Crippen molar-refractivity contribution in [3.8, 4) is 0 Å². The zero-order valence-electron chi connectivity index (χ0n) is 7.77. The van der Waals surface area contributed by atoms with Crippen molar-refractivity contribution in [2.75, 3.05) is 13.7 Å². The lowest BCUT2D eigenvalue weighted by Crippen LogP contribution is -2.46. The van der Waals surface area contributed by atoms with E-state index in [4.69, 9.17) is 11.5 Å². The van der Waals surface area contributed by atoms with Crippen molar-refractivity contribution in [3.63, 3.8) is 0 Å². The van der Waals surface area contributed by atoms with Gasteiger partial charge in [0.05, 0.1) is 12.3 Å². The molecule has 7 heteroatoms. The number of hydrogen-bond acceptors (Lipinski definition) is 4. The average molecular weight is 200 g/mol. The molecule has 3 amide bonds. The Hall–Kier alpha value is -1.79. The second-order valence-corrected chi connectivity index (χ2v) is 2.93. The van der Waals surface area contributed by atoms with Crippen molar-refractivity contribution in [1.82, 2.24) is 4.90 Å². The predicted octanol–water partition coefficient (Wildman–Crippen LogP) is -1.37. The molecule has 7 nitrogen and oxygen atoms in total. The van der Waals surface area contributed by atoms with Gasteiger partial charge in [-0.05, 0) is 0 Å². The Morgan fingerprint density at radius 2 is 2.21 bits per heavy atom. The first-order chi connectivity index (χ1) is 6.56. The Labute approximate surface area is 80.6 Å². The van der Waals surface area contributed by atoms with Crippen LogP contribution in [0.2, 0.25) is 0 Å². The number of carbonyl (C=O) groups excluding carboxylic acids is 2. The average Bonchev–Trinajstić information content (AvgIpc) is 2.49. The minimum absolute atomic E-state index is 0.191. The van der Waals surface area contributed by atoms with Gasteiger partial charge < -0.3 is 21.2 Å². The molecule has 0 aromatic heterocycles. The maximum atomic E-state index is 10.9. The number of urea groups is 1. The number of hydrogen-bond donors (Lipinski definition) is 2. The van der Waals surface area contributed by atoms with Crippen LogP contribution >= 0.6 is 0 Å². The SMILES string of the molecule is CON=C1CC(C(N)=O)N(C(N)=O)C1. The molecule has 0 spiro atoms. The number of nitrogens with zero attached hydrogens (tertiary/aromatic N) is 2. The third-order valence-electron chi connectivity index (χ3n) is 1.99. The highest BCUT2D eigenvalue weighted by Gasteiger charge is 2.35. The van der Waals surface area contributed by atoms with Gasteiger partial charge in [0, 0.05) is 6.42 Å². The third-order valence-corrected chi connectivity index (χ3v) is 1.99. The highest BCUT2D eigenvalue weighted by molar-refractivity contribution is 5.99. The van der Waals surface area contributed by atoms with Crippen molar-refractivity contribution in [2.45, 2.75) is 12.5 Å². The van der Waals surface area contributed by atoms with Crippen LogP contribution in [0.1, 0.15) is 6.42 Å². The number of nitrogens with two attached hydrogens (primary N) is 2. The Balaban J connectivity index is 2.80. The monoisotopic (exact) mass is 200 g/mol. The van der Waals surface area contributed by atoms with E-state index in [2.05, 4.69) is 9.99 Å². The van der Waals surface area contributed by atoms with Gasteiger partial charge in [0.15, 0.2) is 0 Å². The minimum Gasteiger partial charge on any atom is -0.399 e. The smallest absolute Gasteiger partial charge is 0.315 e. The second-order valence-electron chi connectivity index (χ2n) is 2.93. The lowest BCUT2D eigenvalue weighted by Gasteiger charge is -2.18. The summed E-state index contributed by atoms with van der Waals surface area (Å²) in [5.74, 6) is -0.592. The second kappa shape index (κ2) is 3.95. The molecule has 0 aromatic rings. The maximum Gasteiger partial charge on any atom is 0.315 e. The van der Waals surface area contributed by atoms with E-state index in [0.29, 0.717) is 5.71 Å². The first-order valence-electron chi connectivity index (χ1n) is 4.00. The summed E-state index contributed by atoms with van der Waals surface area (Å²) in [4.78, 5) is 27.6. The minimum atomic E-state index is -0.707. The van der Waals surface area contributed by atoms with E-state index in [0.717, 1.165) is 0 Å². The van der Waals surface area contributed by atoms with E-state index in [1.165, 1.54) is 12.0 Å². The van der Waals surface area contributed by atoms with Gasteiger partial charge in [0.2, 0.25) is 5.91 Å². The molecule has 1 aliphatic heterocycles. The Morgan fingerprint density at radius 1 is 1.57 bits per heavy atom. The van der Waals surface area contributed by atoms with Crippen molar-refractivity contribution >= 4 is 17.6 Å². The summed E-state index contributed by atoms with van der Waals surface area (Å²) in [6.45, 7) is 0.191. The van der Waals surface area contributed by atoms with E-state index < -0.39 is 18.0 Å². The van der Waals surface area contributed by atoms with Gasteiger partial charge >= 0.3 is 6.03 Å². The van der Waals surface area contributed by atoms with Gasteiger partial charge in [0.25, 0.3) is 0 Å². The van der Waals surface area contributed by atoms with Gasteiger partial charge in [-0.15, -0.1) is 0 Å². The zero-order chi connectivity index (χ0) is 10.7. The van der Waals surface area contributed by atoms with Gasteiger partial charge in [-0.3, -0.25) is 4.79 Å². The molecule has 0 aromatic carbocycles. The van der Waals surface area contributed by atoms with E-state index in [9.17, 15) is 9.59 Å². The molecular weight excluding hydrogens is 188 g/mol. The van der Waals surface area contributed by atoms with Crippen LogP contribution in [0.4, 0.5) is 4.79 Å². The molecule has 1 aliphatic rings. The topological polar surface area (TPSA) is 111 Å². The first kappa shape index (κ1) is 10.3. The molecule has 1 saturated heterocycles. The molecule has 1 rings (SSSR count). The summed E-state index contributed by atoms with van der Waals surface area (Å²) in [7, 11) is 1.39. The van der Waals surface area contributed by atoms with Crippen LogP contribution in [0.25, 0.3) is 0 Å². The summed E-state index contributed by atoms with van der Waals surface area (Å²) in [5.41, 5.74) is 10.7. The van der Waals surface area contributed by atoms with Crippen LogP contribution in [-0.2, 0) is 9.63 Å². The molecule has 78 valence electrons. The summed E-state index contributed by atoms with van der Waals surface area (Å²) in [5, 5.41) is 3.65.